The van der Waals surface area contributed by atoms with Crippen LogP contribution >= 0.6 is 0 Å². The van der Waals surface area contributed by atoms with E-state index >= 15 is 0 Å². The topological polar surface area (TPSA) is 108 Å². The summed E-state index contributed by atoms with van der Waals surface area (Å²) in [6, 6.07) is 3.65. The molecule has 0 aliphatic heterocycles. The Labute approximate surface area is 151 Å². The van der Waals surface area contributed by atoms with E-state index in [0.29, 0.717) is 25.1 Å². The average Bonchev–Trinajstić information content (AvgIpc) is 2.59. The lowest BCUT2D eigenvalue weighted by Gasteiger charge is -2.38. The van der Waals surface area contributed by atoms with Gasteiger partial charge in [-0.25, -0.2) is 4.98 Å². The number of H-pyrrole nitrogens is 1. The first kappa shape index (κ1) is 18.3. The minimum absolute atomic E-state index is 0.00833. The van der Waals surface area contributed by atoms with Gasteiger partial charge in [-0.1, -0.05) is 13.8 Å². The van der Waals surface area contributed by atoms with E-state index in [9.17, 15) is 14.7 Å². The lowest BCUT2D eigenvalue weighted by molar-refractivity contribution is 0.0239. The summed E-state index contributed by atoms with van der Waals surface area (Å²) in [4.78, 5) is 35.7. The summed E-state index contributed by atoms with van der Waals surface area (Å²) >= 11 is 0. The zero-order chi connectivity index (χ0) is 18.7. The zero-order valence-electron chi connectivity index (χ0n) is 15.0. The molecule has 1 atom stereocenters. The summed E-state index contributed by atoms with van der Waals surface area (Å²) in [5.74, 6) is 0.385. The minimum atomic E-state index is -0.436. The monoisotopic (exact) mass is 356 g/mol. The second kappa shape index (κ2) is 7.78. The van der Waals surface area contributed by atoms with Crippen LogP contribution in [0.3, 0.4) is 0 Å². The number of carbonyl (C=O) groups is 1. The van der Waals surface area contributed by atoms with E-state index in [1.54, 1.807) is 12.4 Å². The minimum Gasteiger partial charge on any atom is -0.393 e. The highest BCUT2D eigenvalue weighted by atomic mass is 16.3. The molecule has 1 aliphatic carbocycles. The molecule has 7 heteroatoms. The smallest absolute Gasteiger partial charge is 0.263 e. The van der Waals surface area contributed by atoms with Crippen molar-refractivity contribution in [3.05, 3.63) is 58.0 Å². The number of hydrogen-bond donors (Lipinski definition) is 3. The molecular weight excluding hydrogens is 332 g/mol. The average molecular weight is 356 g/mol. The highest BCUT2D eigenvalue weighted by molar-refractivity contribution is 5.93. The predicted molar refractivity (Wildman–Crippen MR) is 96.9 cm³/mol. The molecule has 7 nitrogen and oxygen atoms in total. The van der Waals surface area contributed by atoms with Crippen LogP contribution in [0, 0.1) is 5.92 Å². The van der Waals surface area contributed by atoms with Gasteiger partial charge in [-0.05, 0) is 42.9 Å². The number of aliphatic hydroxyl groups excluding tert-OH is 1. The van der Waals surface area contributed by atoms with Crippen LogP contribution in [0.25, 0.3) is 0 Å². The highest BCUT2D eigenvalue weighted by Gasteiger charge is 2.35. The van der Waals surface area contributed by atoms with Crippen LogP contribution in [-0.2, 0) is 6.42 Å². The highest BCUT2D eigenvalue weighted by Crippen LogP contribution is 2.31. The predicted octanol–water partition coefficient (Wildman–Crippen LogP) is 1.40. The molecule has 1 saturated carbocycles. The van der Waals surface area contributed by atoms with Crippen molar-refractivity contribution in [2.45, 2.75) is 51.2 Å². The molecule has 2 aromatic heterocycles. The van der Waals surface area contributed by atoms with Crippen LogP contribution in [0.4, 0.5) is 0 Å². The first-order valence-electron chi connectivity index (χ1n) is 8.91. The Balaban J connectivity index is 1.76. The van der Waals surface area contributed by atoms with Crippen molar-refractivity contribution in [1.29, 1.82) is 0 Å². The van der Waals surface area contributed by atoms with Crippen LogP contribution in [0.15, 0.2) is 35.5 Å². The number of nitrogens with one attached hydrogen (secondary N) is 2. The summed E-state index contributed by atoms with van der Waals surface area (Å²) in [6.07, 6.45) is 6.37. The Morgan fingerprint density at radius 3 is 2.62 bits per heavy atom. The Kier molecular flexibility index (Phi) is 5.46. The summed E-state index contributed by atoms with van der Waals surface area (Å²) in [5.41, 5.74) is 0.625. The van der Waals surface area contributed by atoms with Gasteiger partial charge in [0.1, 0.15) is 11.4 Å². The van der Waals surface area contributed by atoms with Gasteiger partial charge in [-0.2, -0.15) is 0 Å². The zero-order valence-corrected chi connectivity index (χ0v) is 15.0. The summed E-state index contributed by atoms with van der Waals surface area (Å²) in [7, 11) is 0. The van der Waals surface area contributed by atoms with Crippen LogP contribution < -0.4 is 10.9 Å². The van der Waals surface area contributed by atoms with E-state index in [1.807, 2.05) is 26.0 Å². The van der Waals surface area contributed by atoms with Gasteiger partial charge in [0.25, 0.3) is 11.5 Å². The van der Waals surface area contributed by atoms with Crippen molar-refractivity contribution >= 4 is 5.91 Å². The molecule has 0 unspecified atom stereocenters. The Hall–Kier alpha value is -2.54. The first-order chi connectivity index (χ1) is 12.4. The lowest BCUT2D eigenvalue weighted by atomic mass is 9.75. The van der Waals surface area contributed by atoms with E-state index in [2.05, 4.69) is 20.3 Å². The second-order valence-corrected chi connectivity index (χ2v) is 7.19. The molecule has 0 spiro atoms. The number of aliphatic hydroxyl groups is 1. The third-order valence-corrected chi connectivity index (χ3v) is 4.85. The number of hydrogen-bond acceptors (Lipinski definition) is 5. The maximum absolute atomic E-state index is 12.6. The van der Waals surface area contributed by atoms with Gasteiger partial charge >= 0.3 is 0 Å². The van der Waals surface area contributed by atoms with Gasteiger partial charge < -0.3 is 15.4 Å². The van der Waals surface area contributed by atoms with E-state index in [-0.39, 0.29) is 29.5 Å². The molecule has 138 valence electrons. The van der Waals surface area contributed by atoms with Crippen LogP contribution in [0.1, 0.15) is 54.4 Å². The summed E-state index contributed by atoms with van der Waals surface area (Å²) < 4.78 is 0. The molecule has 1 fully saturated rings. The number of pyridine rings is 1. The molecule has 1 amide bonds. The summed E-state index contributed by atoms with van der Waals surface area (Å²) in [6.45, 7) is 3.84. The number of rotatable bonds is 6. The molecule has 0 saturated heterocycles. The van der Waals surface area contributed by atoms with Crippen molar-refractivity contribution in [3.8, 4) is 0 Å². The molecule has 0 radical (unpaired) electrons. The standard InChI is InChI=1S/C19H24N4O3/c1-11(2)17-21-10-15(19(26)23-17)18(25)22-16(13-8-14(24)9-13)7-12-3-5-20-6-4-12/h3-6,10-11,13-14,16,24H,7-9H2,1-2H3,(H,22,25)(H,21,23,26)/t13?,14?,16-/m0/s1. The lowest BCUT2D eigenvalue weighted by Crippen LogP contribution is -2.49. The van der Waals surface area contributed by atoms with Gasteiger partial charge in [0.05, 0.1) is 6.10 Å². The Morgan fingerprint density at radius 2 is 2.04 bits per heavy atom. The van der Waals surface area contributed by atoms with Gasteiger partial charge in [0.2, 0.25) is 0 Å². The third kappa shape index (κ3) is 4.16. The van der Waals surface area contributed by atoms with Crippen molar-refractivity contribution in [3.63, 3.8) is 0 Å². The summed E-state index contributed by atoms with van der Waals surface area (Å²) in [5, 5.41) is 12.6. The van der Waals surface area contributed by atoms with Crippen LogP contribution in [-0.4, -0.2) is 38.1 Å². The molecule has 1 aliphatic rings. The number of amides is 1. The number of carbonyl (C=O) groups excluding carboxylic acids is 1. The largest absolute Gasteiger partial charge is 0.393 e. The van der Waals surface area contributed by atoms with Crippen molar-refractivity contribution in [2.75, 3.05) is 0 Å². The second-order valence-electron chi connectivity index (χ2n) is 7.19. The van der Waals surface area contributed by atoms with E-state index in [0.717, 1.165) is 5.56 Å². The molecule has 3 rings (SSSR count). The quantitative estimate of drug-likeness (QED) is 0.725. The van der Waals surface area contributed by atoms with Gasteiger partial charge in [-0.15, -0.1) is 0 Å². The van der Waals surface area contributed by atoms with Crippen molar-refractivity contribution in [1.82, 2.24) is 20.3 Å². The van der Waals surface area contributed by atoms with Gasteiger partial charge in [0.15, 0.2) is 0 Å². The normalized spacial score (nSPS) is 20.5. The van der Waals surface area contributed by atoms with E-state index in [1.165, 1.54) is 6.20 Å². The van der Waals surface area contributed by atoms with Gasteiger partial charge in [-0.3, -0.25) is 14.6 Å². The fraction of sp³-hybridized carbons (Fsp3) is 0.474. The molecule has 26 heavy (non-hydrogen) atoms. The molecule has 0 bridgehead atoms. The number of aromatic nitrogens is 3. The fourth-order valence-electron chi connectivity index (χ4n) is 3.18. The van der Waals surface area contributed by atoms with E-state index < -0.39 is 11.5 Å². The maximum Gasteiger partial charge on any atom is 0.263 e. The van der Waals surface area contributed by atoms with Crippen molar-refractivity contribution < 1.29 is 9.90 Å². The number of nitrogens with zero attached hydrogens (tertiary/aromatic N) is 2. The number of aromatic amines is 1. The molecule has 2 heterocycles. The maximum atomic E-state index is 12.6. The van der Waals surface area contributed by atoms with Crippen LogP contribution in [0.5, 0.6) is 0 Å². The molecule has 3 N–H and O–H groups in total. The van der Waals surface area contributed by atoms with Gasteiger partial charge in [0, 0.05) is 30.6 Å². The molecule has 2 aromatic rings. The van der Waals surface area contributed by atoms with Crippen LogP contribution in [0.2, 0.25) is 0 Å². The van der Waals surface area contributed by atoms with E-state index in [4.69, 9.17) is 0 Å². The Morgan fingerprint density at radius 1 is 1.35 bits per heavy atom. The third-order valence-electron chi connectivity index (χ3n) is 4.85. The fourth-order valence-corrected chi connectivity index (χ4v) is 3.18. The van der Waals surface area contributed by atoms with Crippen molar-refractivity contribution in [2.24, 2.45) is 5.92 Å². The molecular formula is C19H24N4O3. The molecule has 0 aromatic carbocycles. The SMILES string of the molecule is CC(C)c1ncc(C(=O)N[C@@H](Cc2ccncc2)C2CC(O)C2)c(=O)[nH]1. The first-order valence-corrected chi connectivity index (χ1v) is 8.91. The Bertz CT molecular complexity index is 813.